The number of hydrogen-bond donors (Lipinski definition) is 1. The molecule has 0 aliphatic carbocycles. The molecule has 0 bridgehead atoms. The fourth-order valence-corrected chi connectivity index (χ4v) is 2.79. The van der Waals surface area contributed by atoms with Crippen LogP contribution in [0.1, 0.15) is 24.1 Å². The fraction of sp³-hybridized carbons (Fsp3) is 0.294. The van der Waals surface area contributed by atoms with Gasteiger partial charge in [-0.25, -0.2) is 0 Å². The molecule has 1 aromatic carbocycles. The first kappa shape index (κ1) is 13.6. The maximum absolute atomic E-state index is 12.5. The van der Waals surface area contributed by atoms with E-state index in [0.717, 1.165) is 36.5 Å². The summed E-state index contributed by atoms with van der Waals surface area (Å²) in [7, 11) is 0. The average molecular weight is 281 g/mol. The maximum atomic E-state index is 12.5. The Morgan fingerprint density at radius 3 is 3.00 bits per heavy atom. The molecule has 4 nitrogen and oxygen atoms in total. The topological polar surface area (TPSA) is 59.2 Å². The van der Waals surface area contributed by atoms with Crippen molar-refractivity contribution < 1.29 is 4.79 Å². The van der Waals surface area contributed by atoms with Gasteiger partial charge in [0, 0.05) is 36.2 Å². The highest BCUT2D eigenvalue weighted by Gasteiger charge is 2.22. The molecule has 1 aromatic heterocycles. The van der Waals surface area contributed by atoms with E-state index in [2.05, 4.69) is 4.98 Å². The summed E-state index contributed by atoms with van der Waals surface area (Å²) in [5, 5.41) is 0. The zero-order chi connectivity index (χ0) is 14.7. The number of fused-ring (bicyclic) bond motifs is 1. The number of pyridine rings is 1. The van der Waals surface area contributed by atoms with Gasteiger partial charge in [0.2, 0.25) is 5.91 Å². The molecule has 21 heavy (non-hydrogen) atoms. The number of anilines is 2. The van der Waals surface area contributed by atoms with E-state index in [0.29, 0.717) is 12.8 Å². The lowest BCUT2D eigenvalue weighted by Crippen LogP contribution is -2.35. The Morgan fingerprint density at radius 1 is 1.29 bits per heavy atom. The minimum Gasteiger partial charge on any atom is -0.399 e. The molecule has 0 saturated carbocycles. The quantitative estimate of drug-likeness (QED) is 0.880. The number of nitrogen functional groups attached to an aromatic ring is 1. The summed E-state index contributed by atoms with van der Waals surface area (Å²) >= 11 is 0. The number of aromatic nitrogens is 1. The van der Waals surface area contributed by atoms with Crippen molar-refractivity contribution in [3.05, 3.63) is 53.9 Å². The van der Waals surface area contributed by atoms with Crippen LogP contribution in [0.25, 0.3) is 0 Å². The van der Waals surface area contributed by atoms with Gasteiger partial charge in [-0.1, -0.05) is 6.07 Å². The molecule has 0 fully saturated rings. The molecule has 0 radical (unpaired) electrons. The highest BCUT2D eigenvalue weighted by molar-refractivity contribution is 5.94. The van der Waals surface area contributed by atoms with E-state index in [1.165, 1.54) is 5.56 Å². The monoisotopic (exact) mass is 281 g/mol. The van der Waals surface area contributed by atoms with Crippen LogP contribution in [0.3, 0.4) is 0 Å². The van der Waals surface area contributed by atoms with Crippen LogP contribution in [0.5, 0.6) is 0 Å². The number of carbonyl (C=O) groups is 1. The standard InChI is InChI=1S/C17H19N3O/c18-14-6-8-16-13(12-14)4-3-11-20(16)17(21)9-7-15-5-1-2-10-19-15/h1-2,5-6,8,10,12H,3-4,7,9,11,18H2. The van der Waals surface area contributed by atoms with Crippen molar-refractivity contribution in [1.29, 1.82) is 0 Å². The van der Waals surface area contributed by atoms with Gasteiger partial charge in [-0.3, -0.25) is 9.78 Å². The first-order valence-corrected chi connectivity index (χ1v) is 7.33. The smallest absolute Gasteiger partial charge is 0.227 e. The molecule has 0 saturated heterocycles. The van der Waals surface area contributed by atoms with Gasteiger partial charge >= 0.3 is 0 Å². The van der Waals surface area contributed by atoms with E-state index in [9.17, 15) is 4.79 Å². The van der Waals surface area contributed by atoms with Gasteiger partial charge in [-0.15, -0.1) is 0 Å². The highest BCUT2D eigenvalue weighted by Crippen LogP contribution is 2.29. The van der Waals surface area contributed by atoms with Crippen LogP contribution in [0.2, 0.25) is 0 Å². The second kappa shape index (κ2) is 5.95. The second-order valence-electron chi connectivity index (χ2n) is 5.36. The molecule has 2 aromatic rings. The summed E-state index contributed by atoms with van der Waals surface area (Å²) in [6.45, 7) is 0.790. The van der Waals surface area contributed by atoms with Crippen molar-refractivity contribution in [2.24, 2.45) is 0 Å². The van der Waals surface area contributed by atoms with Gasteiger partial charge in [0.05, 0.1) is 0 Å². The SMILES string of the molecule is Nc1ccc2c(c1)CCCN2C(=O)CCc1ccccn1. The maximum Gasteiger partial charge on any atom is 0.227 e. The first-order valence-electron chi connectivity index (χ1n) is 7.33. The number of rotatable bonds is 3. The largest absolute Gasteiger partial charge is 0.399 e. The van der Waals surface area contributed by atoms with E-state index in [1.807, 2.05) is 41.3 Å². The number of carbonyl (C=O) groups excluding carboxylic acids is 1. The first-order chi connectivity index (χ1) is 10.2. The summed E-state index contributed by atoms with van der Waals surface area (Å²) in [4.78, 5) is 18.6. The Kier molecular flexibility index (Phi) is 3.86. The van der Waals surface area contributed by atoms with E-state index in [1.54, 1.807) is 6.20 Å². The summed E-state index contributed by atoms with van der Waals surface area (Å²) in [5.74, 6) is 0.159. The molecule has 1 aliphatic heterocycles. The Bertz CT molecular complexity index is 640. The number of aryl methyl sites for hydroxylation is 2. The fourth-order valence-electron chi connectivity index (χ4n) is 2.79. The van der Waals surface area contributed by atoms with Crippen molar-refractivity contribution in [3.8, 4) is 0 Å². The van der Waals surface area contributed by atoms with Gasteiger partial charge in [0.1, 0.15) is 0 Å². The molecule has 3 rings (SSSR count). The highest BCUT2D eigenvalue weighted by atomic mass is 16.2. The van der Waals surface area contributed by atoms with E-state index >= 15 is 0 Å². The van der Waals surface area contributed by atoms with Crippen molar-refractivity contribution in [2.45, 2.75) is 25.7 Å². The van der Waals surface area contributed by atoms with Gasteiger partial charge in [0.15, 0.2) is 0 Å². The van der Waals surface area contributed by atoms with Gasteiger partial charge in [-0.2, -0.15) is 0 Å². The lowest BCUT2D eigenvalue weighted by Gasteiger charge is -2.29. The van der Waals surface area contributed by atoms with Crippen LogP contribution in [0.4, 0.5) is 11.4 Å². The van der Waals surface area contributed by atoms with Crippen molar-refractivity contribution in [2.75, 3.05) is 17.2 Å². The zero-order valence-corrected chi connectivity index (χ0v) is 12.0. The number of nitrogens with zero attached hydrogens (tertiary/aromatic N) is 2. The normalized spacial score (nSPS) is 13.8. The lowest BCUT2D eigenvalue weighted by atomic mass is 10.0. The Balaban J connectivity index is 1.71. The van der Waals surface area contributed by atoms with Crippen molar-refractivity contribution in [3.63, 3.8) is 0 Å². The van der Waals surface area contributed by atoms with Gasteiger partial charge in [-0.05, 0) is 55.2 Å². The van der Waals surface area contributed by atoms with Gasteiger partial charge in [0.25, 0.3) is 0 Å². The third-order valence-electron chi connectivity index (χ3n) is 3.84. The minimum absolute atomic E-state index is 0.159. The number of hydrogen-bond acceptors (Lipinski definition) is 3. The zero-order valence-electron chi connectivity index (χ0n) is 12.0. The molecule has 108 valence electrons. The molecule has 0 spiro atoms. The third-order valence-corrected chi connectivity index (χ3v) is 3.84. The van der Waals surface area contributed by atoms with Crippen LogP contribution in [-0.4, -0.2) is 17.4 Å². The van der Waals surface area contributed by atoms with Crippen LogP contribution in [0.15, 0.2) is 42.6 Å². The molecule has 1 aliphatic rings. The molecule has 0 unspecified atom stereocenters. The third kappa shape index (κ3) is 3.05. The lowest BCUT2D eigenvalue weighted by molar-refractivity contribution is -0.118. The number of amides is 1. The van der Waals surface area contributed by atoms with Gasteiger partial charge < -0.3 is 10.6 Å². The minimum atomic E-state index is 0.159. The average Bonchev–Trinajstić information content (AvgIpc) is 2.52. The van der Waals surface area contributed by atoms with E-state index < -0.39 is 0 Å². The molecule has 2 N–H and O–H groups in total. The molecule has 1 amide bonds. The molecular weight excluding hydrogens is 262 g/mol. The van der Waals surface area contributed by atoms with Crippen LogP contribution in [0, 0.1) is 0 Å². The van der Waals surface area contributed by atoms with E-state index in [4.69, 9.17) is 5.73 Å². The summed E-state index contributed by atoms with van der Waals surface area (Å²) in [5.41, 5.74) is 9.73. The molecule has 4 heteroatoms. The van der Waals surface area contributed by atoms with Crippen LogP contribution >= 0.6 is 0 Å². The number of nitrogens with two attached hydrogens (primary N) is 1. The Labute approximate surface area is 124 Å². The summed E-state index contributed by atoms with van der Waals surface area (Å²) < 4.78 is 0. The summed E-state index contributed by atoms with van der Waals surface area (Å²) in [6.07, 6.45) is 4.91. The van der Waals surface area contributed by atoms with Crippen molar-refractivity contribution in [1.82, 2.24) is 4.98 Å². The van der Waals surface area contributed by atoms with E-state index in [-0.39, 0.29) is 5.91 Å². The molecule has 0 atom stereocenters. The predicted octanol–water partition coefficient (Wildman–Crippen LogP) is 2.58. The van der Waals surface area contributed by atoms with Crippen LogP contribution < -0.4 is 10.6 Å². The predicted molar refractivity (Wildman–Crippen MR) is 84.1 cm³/mol. The Morgan fingerprint density at radius 2 is 2.19 bits per heavy atom. The van der Waals surface area contributed by atoms with Crippen molar-refractivity contribution >= 4 is 17.3 Å². The molecular formula is C17H19N3O. The second-order valence-corrected chi connectivity index (χ2v) is 5.36. The molecule has 2 heterocycles. The number of benzene rings is 1. The summed E-state index contributed by atoms with van der Waals surface area (Å²) in [6, 6.07) is 11.6. The van der Waals surface area contributed by atoms with Crippen LogP contribution in [-0.2, 0) is 17.6 Å². The Hall–Kier alpha value is -2.36.